The molecule has 2 aromatic carbocycles. The lowest BCUT2D eigenvalue weighted by molar-refractivity contribution is -0.113. The molecule has 140 valence electrons. The Labute approximate surface area is 164 Å². The number of anilines is 1. The number of rotatable bonds is 5. The van der Waals surface area contributed by atoms with Crippen molar-refractivity contribution in [1.82, 2.24) is 14.8 Å². The Bertz CT molecular complexity index is 974. The van der Waals surface area contributed by atoms with E-state index < -0.39 is 0 Å². The summed E-state index contributed by atoms with van der Waals surface area (Å²) >= 11 is 1.39. The van der Waals surface area contributed by atoms with Crippen molar-refractivity contribution < 1.29 is 4.79 Å². The van der Waals surface area contributed by atoms with Crippen molar-refractivity contribution in [2.24, 2.45) is 0 Å². The van der Waals surface area contributed by atoms with Crippen molar-refractivity contribution in [2.45, 2.75) is 39.8 Å². The molecule has 0 aliphatic heterocycles. The van der Waals surface area contributed by atoms with Gasteiger partial charge in [-0.05, 0) is 69.0 Å². The maximum atomic E-state index is 12.5. The third-order valence-corrected chi connectivity index (χ3v) is 5.55. The van der Waals surface area contributed by atoms with Gasteiger partial charge in [-0.2, -0.15) is 0 Å². The van der Waals surface area contributed by atoms with Gasteiger partial charge in [-0.1, -0.05) is 36.0 Å². The highest BCUT2D eigenvalue weighted by atomic mass is 32.2. The van der Waals surface area contributed by atoms with E-state index >= 15 is 0 Å². The lowest BCUT2D eigenvalue weighted by Gasteiger charge is -2.12. The number of hydrogen-bond acceptors (Lipinski definition) is 4. The fourth-order valence-electron chi connectivity index (χ4n) is 2.92. The van der Waals surface area contributed by atoms with Crippen LogP contribution >= 0.6 is 11.8 Å². The van der Waals surface area contributed by atoms with Gasteiger partial charge in [-0.3, -0.25) is 9.36 Å². The highest BCUT2D eigenvalue weighted by Crippen LogP contribution is 2.24. The SMILES string of the molecule is Cc1ccc(-n2c(C)nnc2SCC(=O)Nc2c(C)cccc2C)cc1C. The number of hydrogen-bond donors (Lipinski definition) is 1. The molecule has 27 heavy (non-hydrogen) atoms. The number of aromatic nitrogens is 3. The van der Waals surface area contributed by atoms with Crippen molar-refractivity contribution in [3.8, 4) is 5.69 Å². The van der Waals surface area contributed by atoms with Crippen LogP contribution in [0.4, 0.5) is 5.69 Å². The minimum Gasteiger partial charge on any atom is -0.325 e. The lowest BCUT2D eigenvalue weighted by Crippen LogP contribution is -2.16. The molecule has 1 aromatic heterocycles. The number of benzene rings is 2. The number of amides is 1. The molecule has 1 amide bonds. The van der Waals surface area contributed by atoms with Crippen molar-refractivity contribution in [1.29, 1.82) is 0 Å². The lowest BCUT2D eigenvalue weighted by atomic mass is 10.1. The topological polar surface area (TPSA) is 59.8 Å². The zero-order valence-electron chi connectivity index (χ0n) is 16.3. The quantitative estimate of drug-likeness (QED) is 0.660. The Kier molecular flexibility index (Phi) is 5.65. The molecule has 0 unspecified atom stereocenters. The average molecular weight is 381 g/mol. The number of nitrogens with zero attached hydrogens (tertiary/aromatic N) is 3. The van der Waals surface area contributed by atoms with Gasteiger partial charge < -0.3 is 5.32 Å². The first-order valence-corrected chi connectivity index (χ1v) is 9.84. The van der Waals surface area contributed by atoms with E-state index in [9.17, 15) is 4.79 Å². The Morgan fingerprint density at radius 1 is 0.963 bits per heavy atom. The Balaban J connectivity index is 1.75. The summed E-state index contributed by atoms with van der Waals surface area (Å²) in [7, 11) is 0. The fraction of sp³-hybridized carbons (Fsp3) is 0.286. The summed E-state index contributed by atoms with van der Waals surface area (Å²) < 4.78 is 1.99. The van der Waals surface area contributed by atoms with Gasteiger partial charge in [-0.15, -0.1) is 10.2 Å². The molecule has 0 spiro atoms. The summed E-state index contributed by atoms with van der Waals surface area (Å²) in [5.74, 6) is 1.03. The second kappa shape index (κ2) is 7.96. The number of thioether (sulfide) groups is 1. The number of carbonyl (C=O) groups is 1. The third kappa shape index (κ3) is 4.22. The first-order valence-electron chi connectivity index (χ1n) is 8.85. The monoisotopic (exact) mass is 380 g/mol. The minimum absolute atomic E-state index is 0.0512. The van der Waals surface area contributed by atoms with Crippen molar-refractivity contribution in [3.63, 3.8) is 0 Å². The van der Waals surface area contributed by atoms with E-state index in [0.29, 0.717) is 5.16 Å². The molecule has 1 N–H and O–H groups in total. The highest BCUT2D eigenvalue weighted by molar-refractivity contribution is 7.99. The van der Waals surface area contributed by atoms with Gasteiger partial charge in [0.25, 0.3) is 0 Å². The van der Waals surface area contributed by atoms with Gasteiger partial charge in [0.05, 0.1) is 5.75 Å². The summed E-state index contributed by atoms with van der Waals surface area (Å²) in [5, 5.41) is 12.2. The van der Waals surface area contributed by atoms with Crippen LogP contribution in [-0.4, -0.2) is 26.4 Å². The van der Waals surface area contributed by atoms with E-state index in [4.69, 9.17) is 0 Å². The van der Waals surface area contributed by atoms with E-state index in [-0.39, 0.29) is 11.7 Å². The molecule has 0 saturated heterocycles. The zero-order valence-corrected chi connectivity index (χ0v) is 17.1. The predicted molar refractivity (Wildman–Crippen MR) is 111 cm³/mol. The molecule has 6 heteroatoms. The van der Waals surface area contributed by atoms with Crippen LogP contribution < -0.4 is 5.32 Å². The Hall–Kier alpha value is -2.60. The molecule has 0 aliphatic rings. The molecule has 0 atom stereocenters. The molecule has 3 aromatic rings. The van der Waals surface area contributed by atoms with E-state index in [0.717, 1.165) is 28.3 Å². The molecule has 0 fully saturated rings. The summed E-state index contributed by atoms with van der Waals surface area (Å²) in [6.45, 7) is 10.1. The number of para-hydroxylation sites is 1. The van der Waals surface area contributed by atoms with Crippen LogP contribution in [0.25, 0.3) is 5.69 Å². The minimum atomic E-state index is -0.0512. The largest absolute Gasteiger partial charge is 0.325 e. The van der Waals surface area contributed by atoms with Crippen LogP contribution in [0, 0.1) is 34.6 Å². The molecule has 0 bridgehead atoms. The van der Waals surface area contributed by atoms with Crippen LogP contribution in [-0.2, 0) is 4.79 Å². The zero-order chi connectivity index (χ0) is 19.6. The fourth-order valence-corrected chi connectivity index (χ4v) is 3.71. The first-order chi connectivity index (χ1) is 12.9. The van der Waals surface area contributed by atoms with E-state index in [1.807, 2.05) is 43.5 Å². The Morgan fingerprint density at radius 3 is 2.33 bits per heavy atom. The highest BCUT2D eigenvalue weighted by Gasteiger charge is 2.15. The van der Waals surface area contributed by atoms with Crippen LogP contribution in [0.3, 0.4) is 0 Å². The van der Waals surface area contributed by atoms with Crippen LogP contribution in [0.2, 0.25) is 0 Å². The number of aryl methyl sites for hydroxylation is 5. The molecule has 0 saturated carbocycles. The predicted octanol–water partition coefficient (Wildman–Crippen LogP) is 4.54. The Morgan fingerprint density at radius 2 is 1.67 bits per heavy atom. The maximum absolute atomic E-state index is 12.5. The van der Waals surface area contributed by atoms with Gasteiger partial charge in [0.2, 0.25) is 5.91 Å². The summed E-state index contributed by atoms with van der Waals surface area (Å²) in [5.41, 5.74) is 6.47. The third-order valence-electron chi connectivity index (χ3n) is 4.62. The molecule has 0 radical (unpaired) electrons. The molecule has 1 heterocycles. The van der Waals surface area contributed by atoms with Crippen molar-refractivity contribution in [2.75, 3.05) is 11.1 Å². The van der Waals surface area contributed by atoms with Gasteiger partial charge in [0.1, 0.15) is 5.82 Å². The van der Waals surface area contributed by atoms with Crippen molar-refractivity contribution in [3.05, 3.63) is 64.5 Å². The van der Waals surface area contributed by atoms with E-state index in [1.165, 1.54) is 22.9 Å². The molecule has 5 nitrogen and oxygen atoms in total. The number of nitrogens with one attached hydrogen (secondary N) is 1. The summed E-state index contributed by atoms with van der Waals surface area (Å²) in [6.07, 6.45) is 0. The van der Waals surface area contributed by atoms with Gasteiger partial charge >= 0.3 is 0 Å². The van der Waals surface area contributed by atoms with Gasteiger partial charge in [0, 0.05) is 11.4 Å². The van der Waals surface area contributed by atoms with Gasteiger partial charge in [0.15, 0.2) is 5.16 Å². The van der Waals surface area contributed by atoms with Crippen molar-refractivity contribution >= 4 is 23.4 Å². The molecular weight excluding hydrogens is 356 g/mol. The molecular formula is C21H24N4OS. The van der Waals surface area contributed by atoms with Crippen LogP contribution in [0.15, 0.2) is 41.6 Å². The van der Waals surface area contributed by atoms with Crippen LogP contribution in [0.1, 0.15) is 28.1 Å². The van der Waals surface area contributed by atoms with Gasteiger partial charge in [-0.25, -0.2) is 0 Å². The molecule has 3 rings (SSSR count). The second-order valence-electron chi connectivity index (χ2n) is 6.74. The van der Waals surface area contributed by atoms with Crippen LogP contribution in [0.5, 0.6) is 0 Å². The summed E-state index contributed by atoms with van der Waals surface area (Å²) in [6, 6.07) is 12.2. The molecule has 0 aliphatic carbocycles. The first kappa shape index (κ1) is 19.2. The maximum Gasteiger partial charge on any atom is 0.234 e. The van der Waals surface area contributed by atoms with E-state index in [2.05, 4.69) is 47.6 Å². The second-order valence-corrected chi connectivity index (χ2v) is 7.68. The normalized spacial score (nSPS) is 10.9. The summed E-state index contributed by atoms with van der Waals surface area (Å²) in [4.78, 5) is 12.5. The smallest absolute Gasteiger partial charge is 0.234 e. The average Bonchev–Trinajstić information content (AvgIpc) is 2.99. The number of carbonyl (C=O) groups excluding carboxylic acids is 1. The standard InChI is InChI=1S/C21H24N4OS/c1-13-9-10-18(11-16(13)4)25-17(5)23-24-21(25)27-12-19(26)22-20-14(2)7-6-8-15(20)3/h6-11H,12H2,1-5H3,(H,22,26). The van der Waals surface area contributed by atoms with E-state index in [1.54, 1.807) is 0 Å².